The van der Waals surface area contributed by atoms with Crippen molar-refractivity contribution < 1.29 is 14.3 Å². The van der Waals surface area contributed by atoms with Crippen LogP contribution in [0.3, 0.4) is 0 Å². The van der Waals surface area contributed by atoms with E-state index in [1.165, 1.54) is 0 Å². The van der Waals surface area contributed by atoms with E-state index in [0.29, 0.717) is 19.7 Å². The number of nitrogens with zero attached hydrogens (tertiary/aromatic N) is 3. The lowest BCUT2D eigenvalue weighted by Crippen LogP contribution is -2.50. The van der Waals surface area contributed by atoms with Crippen molar-refractivity contribution in [2.24, 2.45) is 10.8 Å². The molecular weight excluding hydrogens is 378 g/mol. The molecule has 154 valence electrons. The Bertz CT molecular complexity index is 697. The van der Waals surface area contributed by atoms with Gasteiger partial charge in [0.2, 0.25) is 0 Å². The molecule has 0 unspecified atom stereocenters. The molecule has 1 aromatic rings. The summed E-state index contributed by atoms with van der Waals surface area (Å²) < 4.78 is 11.3. The molecule has 8 nitrogen and oxygen atoms in total. The zero-order chi connectivity index (χ0) is 20.6. The predicted octanol–water partition coefficient (Wildman–Crippen LogP) is 1.79. The van der Waals surface area contributed by atoms with Crippen LogP contribution in [0.15, 0.2) is 29.4 Å². The van der Waals surface area contributed by atoms with Crippen molar-refractivity contribution in [2.45, 2.75) is 26.4 Å². The Morgan fingerprint density at radius 3 is 2.68 bits per heavy atom. The second-order valence-corrected chi connectivity index (χ2v) is 7.90. The molecule has 0 aliphatic carbocycles. The first-order chi connectivity index (χ1) is 13.2. The van der Waals surface area contributed by atoms with Gasteiger partial charge in [-0.1, -0.05) is 12.1 Å². The number of nitrogens with one attached hydrogen (secondary N) is 1. The number of hydrogen-bond acceptors (Lipinski definition) is 6. The van der Waals surface area contributed by atoms with Gasteiger partial charge in [-0.3, -0.25) is 10.3 Å². The van der Waals surface area contributed by atoms with E-state index in [2.05, 4.69) is 15.4 Å². The quantitative estimate of drug-likeness (QED) is 0.422. The van der Waals surface area contributed by atoms with Gasteiger partial charge in [0.15, 0.2) is 5.11 Å². The number of amides is 1. The smallest absolute Gasteiger partial charge is 0.410 e. The Morgan fingerprint density at radius 1 is 1.32 bits per heavy atom. The molecular formula is C19H29N5O3S. The average Bonchev–Trinajstić information content (AvgIpc) is 2.61. The highest BCUT2D eigenvalue weighted by Gasteiger charge is 2.25. The lowest BCUT2D eigenvalue weighted by atomic mass is 10.2. The van der Waals surface area contributed by atoms with Gasteiger partial charge >= 0.3 is 6.09 Å². The predicted molar refractivity (Wildman–Crippen MR) is 114 cm³/mol. The molecule has 9 heteroatoms. The highest BCUT2D eigenvalue weighted by atomic mass is 32.1. The van der Waals surface area contributed by atoms with Gasteiger partial charge in [-0.05, 0) is 50.7 Å². The number of piperazine rings is 1. The summed E-state index contributed by atoms with van der Waals surface area (Å²) >= 11 is 4.70. The van der Waals surface area contributed by atoms with Gasteiger partial charge in [0.05, 0.1) is 6.21 Å². The Morgan fingerprint density at radius 2 is 2.04 bits per heavy atom. The van der Waals surface area contributed by atoms with E-state index in [9.17, 15) is 4.79 Å². The third-order valence-corrected chi connectivity index (χ3v) is 4.04. The van der Waals surface area contributed by atoms with E-state index in [4.69, 9.17) is 27.4 Å². The number of rotatable bonds is 6. The van der Waals surface area contributed by atoms with Crippen LogP contribution in [0.1, 0.15) is 26.3 Å². The second-order valence-electron chi connectivity index (χ2n) is 7.46. The summed E-state index contributed by atoms with van der Waals surface area (Å²) in [4.78, 5) is 16.1. The van der Waals surface area contributed by atoms with Gasteiger partial charge in [-0.2, -0.15) is 5.10 Å². The van der Waals surface area contributed by atoms with Gasteiger partial charge in [-0.15, -0.1) is 0 Å². The van der Waals surface area contributed by atoms with Crippen molar-refractivity contribution in [3.8, 4) is 5.75 Å². The number of benzene rings is 1. The largest absolute Gasteiger partial charge is 0.492 e. The summed E-state index contributed by atoms with van der Waals surface area (Å²) in [6, 6.07) is 7.61. The topological polar surface area (TPSA) is 92.4 Å². The summed E-state index contributed by atoms with van der Waals surface area (Å²) in [7, 11) is 0. The van der Waals surface area contributed by atoms with Gasteiger partial charge in [-0.25, -0.2) is 4.79 Å². The number of hydrogen-bond donors (Lipinski definition) is 2. The maximum atomic E-state index is 12.1. The Balaban J connectivity index is 1.71. The number of thiocarbonyl (C=S) groups is 1. The summed E-state index contributed by atoms with van der Waals surface area (Å²) in [5.41, 5.74) is 8.26. The van der Waals surface area contributed by atoms with E-state index < -0.39 is 5.60 Å². The van der Waals surface area contributed by atoms with E-state index in [-0.39, 0.29) is 11.2 Å². The fourth-order valence-corrected chi connectivity index (χ4v) is 2.68. The molecule has 1 aliphatic rings. The molecule has 1 heterocycles. The molecule has 0 spiro atoms. The minimum absolute atomic E-state index is 0.121. The van der Waals surface area contributed by atoms with Crippen LogP contribution in [0.2, 0.25) is 0 Å². The van der Waals surface area contributed by atoms with Crippen LogP contribution in [0.4, 0.5) is 4.79 Å². The number of carbonyl (C=O) groups is 1. The molecule has 1 amide bonds. The third kappa shape index (κ3) is 8.10. The molecule has 1 fully saturated rings. The lowest BCUT2D eigenvalue weighted by Gasteiger charge is -2.35. The Hall–Kier alpha value is -2.39. The summed E-state index contributed by atoms with van der Waals surface area (Å²) in [5.74, 6) is 0.770. The van der Waals surface area contributed by atoms with Crippen LogP contribution in [0.5, 0.6) is 5.75 Å². The van der Waals surface area contributed by atoms with Crippen molar-refractivity contribution in [2.75, 3.05) is 39.3 Å². The molecule has 28 heavy (non-hydrogen) atoms. The first-order valence-electron chi connectivity index (χ1n) is 9.24. The molecule has 0 atom stereocenters. The number of ether oxygens (including phenoxy) is 2. The fourth-order valence-electron chi connectivity index (χ4n) is 2.63. The van der Waals surface area contributed by atoms with Crippen molar-refractivity contribution in [3.63, 3.8) is 0 Å². The first-order valence-corrected chi connectivity index (χ1v) is 9.65. The standard InChI is InChI=1S/C19H29N5O3S/c1-19(2,3)27-18(25)24-9-7-23(8-10-24)11-12-26-16-6-4-5-15(13-16)14-21-22-17(20)28/h4-6,13-14H,7-12H2,1-3H3,(H3,20,22,28). The maximum absolute atomic E-state index is 12.1. The molecule has 0 radical (unpaired) electrons. The van der Waals surface area contributed by atoms with E-state index in [0.717, 1.165) is 30.9 Å². The molecule has 1 aliphatic heterocycles. The molecule has 1 saturated heterocycles. The third-order valence-electron chi connectivity index (χ3n) is 3.95. The lowest BCUT2D eigenvalue weighted by molar-refractivity contribution is 0.0137. The van der Waals surface area contributed by atoms with Crippen LogP contribution >= 0.6 is 12.2 Å². The second kappa shape index (κ2) is 10.2. The van der Waals surface area contributed by atoms with Crippen LogP contribution in [-0.2, 0) is 4.74 Å². The fraction of sp³-hybridized carbons (Fsp3) is 0.526. The van der Waals surface area contributed by atoms with Crippen LogP contribution in [0, 0.1) is 0 Å². The van der Waals surface area contributed by atoms with E-state index >= 15 is 0 Å². The van der Waals surface area contributed by atoms with Crippen molar-refractivity contribution >= 4 is 29.6 Å². The minimum atomic E-state index is -0.465. The summed E-state index contributed by atoms with van der Waals surface area (Å²) in [6.45, 7) is 9.93. The van der Waals surface area contributed by atoms with Crippen LogP contribution in [-0.4, -0.2) is 72.2 Å². The normalized spacial score (nSPS) is 15.5. The van der Waals surface area contributed by atoms with Gasteiger partial charge in [0.1, 0.15) is 18.0 Å². The van der Waals surface area contributed by atoms with E-state index in [1.54, 1.807) is 11.1 Å². The SMILES string of the molecule is CC(C)(C)OC(=O)N1CCN(CCOc2cccc(C=NNC(N)=S)c2)CC1. The molecule has 2 rings (SSSR count). The van der Waals surface area contributed by atoms with Crippen LogP contribution in [0.25, 0.3) is 0 Å². The van der Waals surface area contributed by atoms with Gasteiger partial charge < -0.3 is 20.1 Å². The summed E-state index contributed by atoms with van der Waals surface area (Å²) in [5, 5.41) is 4.05. The zero-order valence-electron chi connectivity index (χ0n) is 16.7. The highest BCUT2D eigenvalue weighted by molar-refractivity contribution is 7.80. The molecule has 3 N–H and O–H groups in total. The molecule has 1 aromatic carbocycles. The molecule has 0 aromatic heterocycles. The minimum Gasteiger partial charge on any atom is -0.492 e. The molecule has 0 saturated carbocycles. The zero-order valence-corrected chi connectivity index (χ0v) is 17.5. The Kier molecular flexibility index (Phi) is 8.01. The highest BCUT2D eigenvalue weighted by Crippen LogP contribution is 2.13. The van der Waals surface area contributed by atoms with Gasteiger partial charge in [0, 0.05) is 32.7 Å². The van der Waals surface area contributed by atoms with Crippen molar-refractivity contribution in [1.29, 1.82) is 0 Å². The van der Waals surface area contributed by atoms with Crippen molar-refractivity contribution in [3.05, 3.63) is 29.8 Å². The monoisotopic (exact) mass is 407 g/mol. The Labute approximate surface area is 171 Å². The van der Waals surface area contributed by atoms with E-state index in [1.807, 2.05) is 45.0 Å². The molecule has 0 bridgehead atoms. The van der Waals surface area contributed by atoms with Crippen LogP contribution < -0.4 is 15.9 Å². The number of nitrogens with two attached hydrogens (primary N) is 1. The average molecular weight is 408 g/mol. The summed E-state index contributed by atoms with van der Waals surface area (Å²) in [6.07, 6.45) is 1.38. The van der Waals surface area contributed by atoms with Gasteiger partial charge in [0.25, 0.3) is 0 Å². The maximum Gasteiger partial charge on any atom is 0.410 e. The number of hydrazone groups is 1. The van der Waals surface area contributed by atoms with Crippen molar-refractivity contribution in [1.82, 2.24) is 15.2 Å². The first kappa shape index (κ1) is 21.9. The number of carbonyl (C=O) groups excluding carboxylic acids is 1.